The fourth-order valence-electron chi connectivity index (χ4n) is 2.07. The summed E-state index contributed by atoms with van der Waals surface area (Å²) in [6.07, 6.45) is 0.380. The van der Waals surface area contributed by atoms with E-state index in [0.717, 1.165) is 18.3 Å². The van der Waals surface area contributed by atoms with E-state index in [-0.39, 0.29) is 18.6 Å². The third kappa shape index (κ3) is 3.16. The van der Waals surface area contributed by atoms with Crippen molar-refractivity contribution in [3.05, 3.63) is 41.7 Å². The summed E-state index contributed by atoms with van der Waals surface area (Å²) >= 11 is 0. The Morgan fingerprint density at radius 3 is 2.80 bits per heavy atom. The number of amides is 1. The summed E-state index contributed by atoms with van der Waals surface area (Å²) in [4.78, 5) is 15.4. The van der Waals surface area contributed by atoms with Crippen LogP contribution in [0, 0.1) is 5.92 Å². The van der Waals surface area contributed by atoms with Gasteiger partial charge in [-0.25, -0.2) is 0 Å². The minimum absolute atomic E-state index is 0.0553. The van der Waals surface area contributed by atoms with Crippen molar-refractivity contribution in [2.75, 3.05) is 6.61 Å². The number of pyridine rings is 1. The first-order valence-corrected chi connectivity index (χ1v) is 6.04. The molecule has 20 heavy (non-hydrogen) atoms. The Kier molecular flexibility index (Phi) is 4.08. The Morgan fingerprint density at radius 1 is 1.45 bits per heavy atom. The maximum Gasteiger partial charge on any atom is 0.418 e. The Labute approximate surface area is 113 Å². The third-order valence-electron chi connectivity index (χ3n) is 3.05. The van der Waals surface area contributed by atoms with E-state index in [1.165, 1.54) is 0 Å². The molecular formula is C13H13F3N2O2. The van der Waals surface area contributed by atoms with Gasteiger partial charge in [-0.2, -0.15) is 13.2 Å². The fraction of sp³-hybridized carbons (Fsp3) is 0.385. The predicted molar refractivity (Wildman–Crippen MR) is 64.8 cm³/mol. The van der Waals surface area contributed by atoms with Gasteiger partial charge in [0.2, 0.25) is 0 Å². The second kappa shape index (κ2) is 5.62. The first-order chi connectivity index (χ1) is 9.41. The van der Waals surface area contributed by atoms with E-state index in [2.05, 4.69) is 10.3 Å². The van der Waals surface area contributed by atoms with Crippen LogP contribution in [-0.4, -0.2) is 28.6 Å². The molecule has 2 atom stereocenters. The van der Waals surface area contributed by atoms with Crippen molar-refractivity contribution < 1.29 is 23.1 Å². The van der Waals surface area contributed by atoms with Crippen LogP contribution in [0.15, 0.2) is 30.5 Å². The maximum atomic E-state index is 12.8. The molecule has 0 aromatic carbocycles. The van der Waals surface area contributed by atoms with E-state index in [0.29, 0.717) is 6.42 Å². The Morgan fingerprint density at radius 2 is 2.20 bits per heavy atom. The molecule has 2 N–H and O–H groups in total. The van der Waals surface area contributed by atoms with Crippen LogP contribution in [-0.2, 0) is 6.18 Å². The number of nitrogens with zero attached hydrogens (tertiary/aromatic N) is 1. The highest BCUT2D eigenvalue weighted by Crippen LogP contribution is 2.31. The van der Waals surface area contributed by atoms with Crippen LogP contribution in [0.2, 0.25) is 0 Å². The highest BCUT2D eigenvalue weighted by Gasteiger charge is 2.36. The molecule has 1 aliphatic carbocycles. The lowest BCUT2D eigenvalue weighted by Crippen LogP contribution is -2.34. The van der Waals surface area contributed by atoms with Crippen molar-refractivity contribution in [1.29, 1.82) is 0 Å². The zero-order valence-corrected chi connectivity index (χ0v) is 10.4. The van der Waals surface area contributed by atoms with Crippen molar-refractivity contribution in [3.8, 4) is 0 Å². The molecule has 2 rings (SSSR count). The molecule has 0 spiro atoms. The van der Waals surface area contributed by atoms with Crippen LogP contribution in [0.1, 0.15) is 22.5 Å². The van der Waals surface area contributed by atoms with Gasteiger partial charge in [0.1, 0.15) is 5.69 Å². The average molecular weight is 286 g/mol. The van der Waals surface area contributed by atoms with Crippen LogP contribution in [0.25, 0.3) is 0 Å². The van der Waals surface area contributed by atoms with E-state index in [1.54, 1.807) is 12.2 Å². The molecule has 1 amide bonds. The van der Waals surface area contributed by atoms with Crippen molar-refractivity contribution in [3.63, 3.8) is 0 Å². The molecule has 4 nitrogen and oxygen atoms in total. The van der Waals surface area contributed by atoms with Gasteiger partial charge >= 0.3 is 6.18 Å². The number of aliphatic hydroxyl groups is 1. The van der Waals surface area contributed by atoms with E-state index >= 15 is 0 Å². The number of alkyl halides is 3. The standard InChI is InChI=1S/C13H13F3N2O2/c14-13(15,16)10-2-1-5-17-11(10)12(20)18-9-4-3-8(6-9)7-19/h1-5,8-9,19H,6-7H2,(H,18,20)/t8-,9+/m0/s1. The van der Waals surface area contributed by atoms with E-state index in [9.17, 15) is 18.0 Å². The van der Waals surface area contributed by atoms with E-state index in [4.69, 9.17) is 5.11 Å². The molecule has 1 aromatic heterocycles. The Hall–Kier alpha value is -1.89. The van der Waals surface area contributed by atoms with Crippen molar-refractivity contribution in [2.45, 2.75) is 18.6 Å². The molecule has 1 aliphatic rings. The smallest absolute Gasteiger partial charge is 0.396 e. The largest absolute Gasteiger partial charge is 0.418 e. The average Bonchev–Trinajstić information content (AvgIpc) is 2.85. The van der Waals surface area contributed by atoms with Gasteiger partial charge in [-0.15, -0.1) is 0 Å². The molecule has 108 valence electrons. The molecule has 0 aliphatic heterocycles. The van der Waals surface area contributed by atoms with Crippen LogP contribution in [0.5, 0.6) is 0 Å². The van der Waals surface area contributed by atoms with Crippen molar-refractivity contribution in [1.82, 2.24) is 10.3 Å². The van der Waals surface area contributed by atoms with Gasteiger partial charge in [0, 0.05) is 24.8 Å². The van der Waals surface area contributed by atoms with E-state index in [1.807, 2.05) is 0 Å². The number of rotatable bonds is 3. The summed E-state index contributed by atoms with van der Waals surface area (Å²) in [6, 6.07) is 1.57. The van der Waals surface area contributed by atoms with Gasteiger partial charge < -0.3 is 10.4 Å². The van der Waals surface area contributed by atoms with Gasteiger partial charge in [0.25, 0.3) is 5.91 Å². The minimum Gasteiger partial charge on any atom is -0.396 e. The molecular weight excluding hydrogens is 273 g/mol. The number of aromatic nitrogens is 1. The SMILES string of the molecule is O=C(N[C@@H]1C=C[C@H](CO)C1)c1ncccc1C(F)(F)F. The van der Waals surface area contributed by atoms with Gasteiger partial charge in [-0.3, -0.25) is 9.78 Å². The summed E-state index contributed by atoms with van der Waals surface area (Å²) in [7, 11) is 0. The molecule has 0 saturated heterocycles. The Bertz CT molecular complexity index is 529. The number of carbonyl (C=O) groups is 1. The summed E-state index contributed by atoms with van der Waals surface area (Å²) < 4.78 is 38.3. The van der Waals surface area contributed by atoms with Crippen molar-refractivity contribution >= 4 is 5.91 Å². The molecule has 0 saturated carbocycles. The highest BCUT2D eigenvalue weighted by atomic mass is 19.4. The zero-order chi connectivity index (χ0) is 14.8. The molecule has 1 heterocycles. The predicted octanol–water partition coefficient (Wildman–Crippen LogP) is 1.77. The number of halogens is 3. The quantitative estimate of drug-likeness (QED) is 0.832. The van der Waals surface area contributed by atoms with Crippen LogP contribution >= 0.6 is 0 Å². The zero-order valence-electron chi connectivity index (χ0n) is 10.4. The molecule has 0 fully saturated rings. The van der Waals surface area contributed by atoms with Gasteiger partial charge in [-0.05, 0) is 18.6 Å². The summed E-state index contributed by atoms with van der Waals surface area (Å²) in [5.74, 6) is -0.947. The van der Waals surface area contributed by atoms with Crippen LogP contribution in [0.4, 0.5) is 13.2 Å². The first-order valence-electron chi connectivity index (χ1n) is 6.04. The Balaban J connectivity index is 2.13. The fourth-order valence-corrected chi connectivity index (χ4v) is 2.07. The molecule has 1 aromatic rings. The first kappa shape index (κ1) is 14.5. The number of carbonyl (C=O) groups excluding carboxylic acids is 1. The summed E-state index contributed by atoms with van der Waals surface area (Å²) in [5, 5.41) is 11.4. The second-order valence-electron chi connectivity index (χ2n) is 4.54. The number of aliphatic hydroxyl groups excluding tert-OH is 1. The lowest BCUT2D eigenvalue weighted by Gasteiger charge is -2.15. The number of hydrogen-bond donors (Lipinski definition) is 2. The molecule has 0 radical (unpaired) electrons. The highest BCUT2D eigenvalue weighted by molar-refractivity contribution is 5.94. The topological polar surface area (TPSA) is 62.2 Å². The maximum absolute atomic E-state index is 12.8. The van der Waals surface area contributed by atoms with Gasteiger partial charge in [-0.1, -0.05) is 12.2 Å². The molecule has 7 heteroatoms. The lowest BCUT2D eigenvalue weighted by atomic mass is 10.1. The van der Waals surface area contributed by atoms with Gasteiger partial charge in [0.15, 0.2) is 0 Å². The minimum atomic E-state index is -4.62. The normalized spacial score (nSPS) is 22.0. The van der Waals surface area contributed by atoms with E-state index < -0.39 is 23.3 Å². The van der Waals surface area contributed by atoms with Crippen LogP contribution in [0.3, 0.4) is 0 Å². The molecule has 0 bridgehead atoms. The van der Waals surface area contributed by atoms with Crippen LogP contribution < -0.4 is 5.32 Å². The number of hydrogen-bond acceptors (Lipinski definition) is 3. The monoisotopic (exact) mass is 286 g/mol. The lowest BCUT2D eigenvalue weighted by molar-refractivity contribution is -0.138. The second-order valence-corrected chi connectivity index (χ2v) is 4.54. The van der Waals surface area contributed by atoms with Crippen molar-refractivity contribution in [2.24, 2.45) is 5.92 Å². The van der Waals surface area contributed by atoms with Gasteiger partial charge in [0.05, 0.1) is 5.56 Å². The third-order valence-corrected chi connectivity index (χ3v) is 3.05. The number of nitrogens with one attached hydrogen (secondary N) is 1. The summed E-state index contributed by atoms with van der Waals surface area (Å²) in [5.41, 5.74) is -1.70. The molecule has 0 unspecified atom stereocenters. The summed E-state index contributed by atoms with van der Waals surface area (Å²) in [6.45, 7) is -0.0553.